The first kappa shape index (κ1) is 19.3. The number of carbonyl (C=O) groups excluding carboxylic acids is 2. The van der Waals surface area contributed by atoms with E-state index in [0.29, 0.717) is 36.7 Å². The zero-order valence-corrected chi connectivity index (χ0v) is 15.1. The topological polar surface area (TPSA) is 76.7 Å². The summed E-state index contributed by atoms with van der Waals surface area (Å²) < 4.78 is 10.4. The van der Waals surface area contributed by atoms with Gasteiger partial charge in [0.2, 0.25) is 5.91 Å². The third-order valence-corrected chi connectivity index (χ3v) is 3.54. The van der Waals surface area contributed by atoms with Gasteiger partial charge < -0.3 is 20.1 Å². The zero-order chi connectivity index (χ0) is 18.8. The van der Waals surface area contributed by atoms with Crippen LogP contribution in [0.3, 0.4) is 0 Å². The molecule has 6 nitrogen and oxygen atoms in total. The van der Waals surface area contributed by atoms with Crippen LogP contribution in [0.25, 0.3) is 0 Å². The molecule has 0 saturated heterocycles. The van der Waals surface area contributed by atoms with Crippen molar-refractivity contribution in [3.05, 3.63) is 54.1 Å². The van der Waals surface area contributed by atoms with Crippen molar-refractivity contribution in [2.75, 3.05) is 30.4 Å². The van der Waals surface area contributed by atoms with Crippen LogP contribution < -0.4 is 15.4 Å². The van der Waals surface area contributed by atoms with E-state index in [2.05, 4.69) is 10.6 Å². The van der Waals surface area contributed by atoms with Crippen molar-refractivity contribution in [1.29, 1.82) is 0 Å². The Morgan fingerprint density at radius 3 is 2.38 bits per heavy atom. The molecule has 0 aliphatic heterocycles. The van der Waals surface area contributed by atoms with E-state index in [1.807, 2.05) is 25.1 Å². The highest BCUT2D eigenvalue weighted by Crippen LogP contribution is 2.17. The van der Waals surface area contributed by atoms with Crippen molar-refractivity contribution >= 4 is 23.3 Å². The van der Waals surface area contributed by atoms with Gasteiger partial charge in [-0.3, -0.25) is 4.79 Å². The van der Waals surface area contributed by atoms with Gasteiger partial charge in [-0.2, -0.15) is 0 Å². The Balaban J connectivity index is 1.84. The van der Waals surface area contributed by atoms with Crippen LogP contribution in [-0.2, 0) is 9.53 Å². The second-order valence-electron chi connectivity index (χ2n) is 5.45. The average Bonchev–Trinajstić information content (AvgIpc) is 2.64. The molecular formula is C20H24N2O4. The first-order valence-electron chi connectivity index (χ1n) is 8.66. The van der Waals surface area contributed by atoms with Crippen LogP contribution in [0.4, 0.5) is 11.4 Å². The Morgan fingerprint density at radius 2 is 1.69 bits per heavy atom. The van der Waals surface area contributed by atoms with Crippen molar-refractivity contribution in [2.45, 2.75) is 20.3 Å². The Labute approximate surface area is 153 Å². The molecule has 2 N–H and O–H groups in total. The molecule has 26 heavy (non-hydrogen) atoms. The van der Waals surface area contributed by atoms with E-state index >= 15 is 0 Å². The second-order valence-corrected chi connectivity index (χ2v) is 5.45. The number of hydrogen-bond donors (Lipinski definition) is 2. The molecular weight excluding hydrogens is 332 g/mol. The van der Waals surface area contributed by atoms with Gasteiger partial charge in [-0.25, -0.2) is 4.79 Å². The van der Waals surface area contributed by atoms with E-state index in [1.165, 1.54) is 0 Å². The summed E-state index contributed by atoms with van der Waals surface area (Å²) >= 11 is 0. The molecule has 0 aliphatic carbocycles. The van der Waals surface area contributed by atoms with Crippen LogP contribution in [0.2, 0.25) is 0 Å². The molecule has 2 aromatic carbocycles. The van der Waals surface area contributed by atoms with E-state index in [0.717, 1.165) is 5.75 Å². The lowest BCUT2D eigenvalue weighted by Gasteiger charge is -2.11. The van der Waals surface area contributed by atoms with Crippen LogP contribution in [-0.4, -0.2) is 31.6 Å². The molecule has 0 atom stereocenters. The second kappa shape index (κ2) is 10.1. The normalized spacial score (nSPS) is 10.1. The largest absolute Gasteiger partial charge is 0.494 e. The van der Waals surface area contributed by atoms with Crippen LogP contribution >= 0.6 is 0 Å². The number of hydrogen-bond acceptors (Lipinski definition) is 5. The van der Waals surface area contributed by atoms with Gasteiger partial charge in [0.05, 0.1) is 18.8 Å². The maximum Gasteiger partial charge on any atom is 0.340 e. The van der Waals surface area contributed by atoms with Crippen LogP contribution in [0.5, 0.6) is 5.75 Å². The van der Waals surface area contributed by atoms with Gasteiger partial charge in [0.25, 0.3) is 0 Å². The number of nitrogens with one attached hydrogen (secondary N) is 2. The van der Waals surface area contributed by atoms with Crippen molar-refractivity contribution in [3.63, 3.8) is 0 Å². The maximum absolute atomic E-state index is 12.1. The fourth-order valence-corrected chi connectivity index (χ4v) is 2.36. The monoisotopic (exact) mass is 356 g/mol. The molecule has 0 saturated carbocycles. The fraction of sp³-hybridized carbons (Fsp3) is 0.300. The summed E-state index contributed by atoms with van der Waals surface area (Å²) in [6, 6.07) is 14.3. The van der Waals surface area contributed by atoms with Gasteiger partial charge >= 0.3 is 5.97 Å². The van der Waals surface area contributed by atoms with Gasteiger partial charge in [-0.15, -0.1) is 0 Å². The lowest BCUT2D eigenvalue weighted by atomic mass is 10.1. The number of esters is 1. The highest BCUT2D eigenvalue weighted by atomic mass is 16.5. The van der Waals surface area contributed by atoms with Crippen LogP contribution in [0, 0.1) is 0 Å². The van der Waals surface area contributed by atoms with Crippen molar-refractivity contribution in [3.8, 4) is 5.75 Å². The number of ether oxygens (including phenoxy) is 2. The SMILES string of the molecule is CCOC(=O)c1ccccc1NCCC(=O)Nc1ccc(OCC)cc1. The lowest BCUT2D eigenvalue weighted by Crippen LogP contribution is -2.17. The summed E-state index contributed by atoms with van der Waals surface area (Å²) in [5.74, 6) is 0.271. The van der Waals surface area contributed by atoms with Gasteiger partial charge in [-0.1, -0.05) is 12.1 Å². The Bertz CT molecular complexity index is 729. The highest BCUT2D eigenvalue weighted by molar-refractivity contribution is 5.96. The first-order chi connectivity index (χ1) is 12.6. The van der Waals surface area contributed by atoms with E-state index in [1.54, 1.807) is 37.3 Å². The standard InChI is InChI=1S/C20H24N2O4/c1-3-25-16-11-9-15(10-12-16)22-19(23)13-14-21-18-8-6-5-7-17(18)20(24)26-4-2/h5-12,21H,3-4,13-14H2,1-2H3,(H,22,23). The van der Waals surface area contributed by atoms with Gasteiger partial charge in [0.1, 0.15) is 5.75 Å². The minimum Gasteiger partial charge on any atom is -0.494 e. The molecule has 0 spiro atoms. The molecule has 6 heteroatoms. The van der Waals surface area contributed by atoms with E-state index in [-0.39, 0.29) is 18.3 Å². The summed E-state index contributed by atoms with van der Waals surface area (Å²) in [5, 5.41) is 5.94. The summed E-state index contributed by atoms with van der Waals surface area (Å²) in [7, 11) is 0. The predicted molar refractivity (Wildman–Crippen MR) is 102 cm³/mol. The summed E-state index contributed by atoms with van der Waals surface area (Å²) in [4.78, 5) is 24.0. The Hall–Kier alpha value is -3.02. The van der Waals surface area contributed by atoms with Gasteiger partial charge in [-0.05, 0) is 50.2 Å². The number of para-hydroxylation sites is 1. The first-order valence-corrected chi connectivity index (χ1v) is 8.66. The maximum atomic E-state index is 12.1. The molecule has 2 rings (SSSR count). The summed E-state index contributed by atoms with van der Waals surface area (Å²) in [6.07, 6.45) is 0.268. The molecule has 0 fully saturated rings. The molecule has 0 bridgehead atoms. The number of anilines is 2. The van der Waals surface area contributed by atoms with Gasteiger partial charge in [0.15, 0.2) is 0 Å². The third-order valence-electron chi connectivity index (χ3n) is 3.54. The molecule has 2 aromatic rings. The minimum atomic E-state index is -0.380. The Morgan fingerprint density at radius 1 is 0.962 bits per heavy atom. The fourth-order valence-electron chi connectivity index (χ4n) is 2.36. The van der Waals surface area contributed by atoms with E-state index < -0.39 is 0 Å². The number of benzene rings is 2. The molecule has 0 unspecified atom stereocenters. The smallest absolute Gasteiger partial charge is 0.340 e. The molecule has 0 heterocycles. The van der Waals surface area contributed by atoms with Crippen LogP contribution in [0.15, 0.2) is 48.5 Å². The summed E-state index contributed by atoms with van der Waals surface area (Å²) in [5.41, 5.74) is 1.83. The van der Waals surface area contributed by atoms with Crippen LogP contribution in [0.1, 0.15) is 30.6 Å². The minimum absolute atomic E-state index is 0.115. The van der Waals surface area contributed by atoms with Crippen molar-refractivity contribution < 1.29 is 19.1 Å². The third kappa shape index (κ3) is 5.81. The van der Waals surface area contributed by atoms with E-state index in [4.69, 9.17) is 9.47 Å². The average molecular weight is 356 g/mol. The molecule has 1 amide bonds. The predicted octanol–water partition coefficient (Wildman–Crippen LogP) is 3.70. The Kier molecular flexibility index (Phi) is 7.49. The van der Waals surface area contributed by atoms with Gasteiger partial charge in [0, 0.05) is 24.3 Å². The lowest BCUT2D eigenvalue weighted by molar-refractivity contribution is -0.115. The highest BCUT2D eigenvalue weighted by Gasteiger charge is 2.11. The van der Waals surface area contributed by atoms with Crippen molar-refractivity contribution in [2.24, 2.45) is 0 Å². The number of carbonyl (C=O) groups is 2. The van der Waals surface area contributed by atoms with E-state index in [9.17, 15) is 9.59 Å². The summed E-state index contributed by atoms with van der Waals surface area (Å²) in [6.45, 7) is 5.00. The zero-order valence-electron chi connectivity index (χ0n) is 15.1. The molecule has 0 aromatic heterocycles. The molecule has 0 radical (unpaired) electrons. The molecule has 0 aliphatic rings. The number of amides is 1. The van der Waals surface area contributed by atoms with Crippen molar-refractivity contribution in [1.82, 2.24) is 0 Å². The molecule has 138 valence electrons. The quantitative estimate of drug-likeness (QED) is 0.670. The number of rotatable bonds is 9.